The van der Waals surface area contributed by atoms with Crippen molar-refractivity contribution in [3.63, 3.8) is 0 Å². The van der Waals surface area contributed by atoms with Crippen molar-refractivity contribution in [1.82, 2.24) is 4.90 Å². The number of thioether (sulfide) groups is 1. The number of hydrogen-bond acceptors (Lipinski definition) is 5. The Hall–Kier alpha value is -2.83. The molecule has 0 spiro atoms. The zero-order chi connectivity index (χ0) is 22.2. The van der Waals surface area contributed by atoms with Gasteiger partial charge in [-0.3, -0.25) is 9.69 Å². The molecule has 0 saturated carbocycles. The Kier molecular flexibility index (Phi) is 8.09. The number of thiocarbonyl (C=S) groups is 1. The molecule has 160 valence electrons. The average molecular weight is 452 g/mol. The number of allylic oxidation sites excluding steroid dienone is 1. The number of rotatable bonds is 10. The quantitative estimate of drug-likeness (QED) is 0.260. The summed E-state index contributed by atoms with van der Waals surface area (Å²) in [6.45, 7) is 10.8. The van der Waals surface area contributed by atoms with E-state index in [9.17, 15) is 4.79 Å². The molecule has 1 amide bonds. The van der Waals surface area contributed by atoms with Crippen molar-refractivity contribution in [2.24, 2.45) is 0 Å². The molecule has 1 fully saturated rings. The van der Waals surface area contributed by atoms with E-state index in [1.54, 1.807) is 11.0 Å². The second-order valence-electron chi connectivity index (χ2n) is 6.79. The second-order valence-corrected chi connectivity index (χ2v) is 8.46. The Morgan fingerprint density at radius 1 is 1.13 bits per heavy atom. The molecule has 0 aliphatic carbocycles. The molecule has 0 unspecified atom stereocenters. The molecule has 1 saturated heterocycles. The Morgan fingerprint density at radius 2 is 1.90 bits per heavy atom. The molecule has 31 heavy (non-hydrogen) atoms. The van der Waals surface area contributed by atoms with Crippen molar-refractivity contribution < 1.29 is 14.3 Å². The summed E-state index contributed by atoms with van der Waals surface area (Å²) in [6.07, 6.45) is 5.96. The number of ether oxygens (including phenoxy) is 2. The van der Waals surface area contributed by atoms with E-state index in [1.807, 2.05) is 61.5 Å². The van der Waals surface area contributed by atoms with Gasteiger partial charge >= 0.3 is 0 Å². The third-order valence-corrected chi connectivity index (χ3v) is 5.90. The van der Waals surface area contributed by atoms with Gasteiger partial charge in [0, 0.05) is 12.1 Å². The van der Waals surface area contributed by atoms with Gasteiger partial charge in [-0.15, -0.1) is 13.2 Å². The van der Waals surface area contributed by atoms with E-state index < -0.39 is 0 Å². The maximum absolute atomic E-state index is 12.7. The average Bonchev–Trinajstić information content (AvgIpc) is 3.02. The first-order chi connectivity index (χ1) is 15.1. The van der Waals surface area contributed by atoms with Crippen molar-refractivity contribution in [1.29, 1.82) is 0 Å². The van der Waals surface area contributed by atoms with Crippen LogP contribution in [0.15, 0.2) is 72.7 Å². The minimum atomic E-state index is -0.109. The van der Waals surface area contributed by atoms with E-state index in [1.165, 1.54) is 11.8 Å². The lowest BCUT2D eigenvalue weighted by Gasteiger charge is -2.17. The highest BCUT2D eigenvalue weighted by Crippen LogP contribution is 2.37. The summed E-state index contributed by atoms with van der Waals surface area (Å²) < 4.78 is 12.6. The molecule has 0 aromatic heterocycles. The molecule has 4 nitrogen and oxygen atoms in total. The zero-order valence-corrected chi connectivity index (χ0v) is 19.1. The van der Waals surface area contributed by atoms with Crippen molar-refractivity contribution in [2.75, 3.05) is 13.2 Å². The monoisotopic (exact) mass is 451 g/mol. The van der Waals surface area contributed by atoms with Crippen LogP contribution in [0.1, 0.15) is 23.6 Å². The van der Waals surface area contributed by atoms with Gasteiger partial charge in [-0.25, -0.2) is 0 Å². The minimum absolute atomic E-state index is 0.109. The smallest absolute Gasteiger partial charge is 0.266 e. The first-order valence-electron chi connectivity index (χ1n) is 10.0. The molecule has 3 rings (SSSR count). The molecule has 0 bridgehead atoms. The van der Waals surface area contributed by atoms with E-state index in [4.69, 9.17) is 21.7 Å². The van der Waals surface area contributed by atoms with Gasteiger partial charge in [0.25, 0.3) is 5.91 Å². The normalized spacial score (nSPS) is 14.7. The predicted molar refractivity (Wildman–Crippen MR) is 132 cm³/mol. The zero-order valence-electron chi connectivity index (χ0n) is 17.5. The molecule has 2 aromatic carbocycles. The van der Waals surface area contributed by atoms with Crippen molar-refractivity contribution in [2.45, 2.75) is 20.0 Å². The first-order valence-corrected chi connectivity index (χ1v) is 11.2. The molecular weight excluding hydrogens is 426 g/mol. The summed E-state index contributed by atoms with van der Waals surface area (Å²) in [4.78, 5) is 14.8. The lowest BCUT2D eigenvalue weighted by atomic mass is 10.0. The molecule has 0 radical (unpaired) electrons. The lowest BCUT2D eigenvalue weighted by Crippen LogP contribution is -2.27. The summed E-state index contributed by atoms with van der Waals surface area (Å²) in [5.74, 6) is 1.23. The number of nitrogens with zero attached hydrogens (tertiary/aromatic N) is 1. The highest BCUT2D eigenvalue weighted by molar-refractivity contribution is 8.26. The number of carbonyl (C=O) groups is 1. The third kappa shape index (κ3) is 5.66. The van der Waals surface area contributed by atoms with Crippen LogP contribution in [0.5, 0.6) is 11.5 Å². The van der Waals surface area contributed by atoms with Gasteiger partial charge < -0.3 is 9.47 Å². The van der Waals surface area contributed by atoms with Crippen LogP contribution in [0, 0.1) is 0 Å². The van der Waals surface area contributed by atoms with Gasteiger partial charge in [0.05, 0.1) is 11.5 Å². The van der Waals surface area contributed by atoms with Crippen LogP contribution in [0.3, 0.4) is 0 Å². The van der Waals surface area contributed by atoms with Crippen LogP contribution in [-0.4, -0.2) is 28.3 Å². The van der Waals surface area contributed by atoms with Crippen LogP contribution in [0.2, 0.25) is 0 Å². The fraction of sp³-hybridized carbons (Fsp3) is 0.200. The molecule has 1 heterocycles. The van der Waals surface area contributed by atoms with E-state index in [0.29, 0.717) is 46.9 Å². The fourth-order valence-electron chi connectivity index (χ4n) is 3.17. The number of benzene rings is 2. The number of carbonyl (C=O) groups excluding carboxylic acids is 1. The van der Waals surface area contributed by atoms with E-state index in [-0.39, 0.29) is 5.91 Å². The minimum Gasteiger partial charge on any atom is -0.490 e. The fourth-order valence-corrected chi connectivity index (χ4v) is 4.44. The second kappa shape index (κ2) is 11.0. The van der Waals surface area contributed by atoms with E-state index in [0.717, 1.165) is 16.7 Å². The maximum Gasteiger partial charge on any atom is 0.266 e. The van der Waals surface area contributed by atoms with E-state index >= 15 is 0 Å². The van der Waals surface area contributed by atoms with Crippen molar-refractivity contribution in [3.05, 3.63) is 89.4 Å². The lowest BCUT2D eigenvalue weighted by molar-refractivity contribution is -0.121. The van der Waals surface area contributed by atoms with Gasteiger partial charge in [0.15, 0.2) is 11.5 Å². The SMILES string of the molecule is C=CCc1cc(/C=C2/SC(=S)N(CC=C)C2=O)cc(OCC)c1OCc1ccccc1. The van der Waals surface area contributed by atoms with Gasteiger partial charge in [-0.05, 0) is 42.7 Å². The van der Waals surface area contributed by atoms with Crippen molar-refractivity contribution in [3.8, 4) is 11.5 Å². The van der Waals surface area contributed by atoms with E-state index in [2.05, 4.69) is 13.2 Å². The van der Waals surface area contributed by atoms with Crippen LogP contribution < -0.4 is 9.47 Å². The van der Waals surface area contributed by atoms with Gasteiger partial charge in [-0.1, -0.05) is 66.5 Å². The molecule has 0 N–H and O–H groups in total. The van der Waals surface area contributed by atoms with Crippen LogP contribution in [-0.2, 0) is 17.8 Å². The maximum atomic E-state index is 12.7. The Balaban J connectivity index is 1.95. The Labute approximate surface area is 193 Å². The molecule has 0 atom stereocenters. The summed E-state index contributed by atoms with van der Waals surface area (Å²) in [5, 5.41) is 0. The topological polar surface area (TPSA) is 38.8 Å². The largest absolute Gasteiger partial charge is 0.490 e. The van der Waals surface area contributed by atoms with Crippen LogP contribution >= 0.6 is 24.0 Å². The summed E-state index contributed by atoms with van der Waals surface area (Å²) in [7, 11) is 0. The highest BCUT2D eigenvalue weighted by Gasteiger charge is 2.31. The highest BCUT2D eigenvalue weighted by atomic mass is 32.2. The molecule has 1 aliphatic rings. The molecule has 2 aromatic rings. The summed E-state index contributed by atoms with van der Waals surface area (Å²) >= 11 is 6.63. The van der Waals surface area contributed by atoms with Gasteiger partial charge in [0.1, 0.15) is 10.9 Å². The number of hydrogen-bond donors (Lipinski definition) is 0. The van der Waals surface area contributed by atoms with Crippen LogP contribution in [0.25, 0.3) is 6.08 Å². The Morgan fingerprint density at radius 3 is 2.58 bits per heavy atom. The van der Waals surface area contributed by atoms with Crippen molar-refractivity contribution >= 4 is 40.3 Å². The van der Waals surface area contributed by atoms with Gasteiger partial charge in [0.2, 0.25) is 0 Å². The molecule has 1 aliphatic heterocycles. The standard InChI is InChI=1S/C25H25NO3S2/c1-4-10-20-14-19(16-22-24(27)26(13-5-2)25(30)31-22)15-21(28-6-3)23(20)29-17-18-11-8-7-9-12-18/h4-5,7-9,11-12,14-16H,1-2,6,10,13,17H2,3H3/b22-16+. The predicted octanol–water partition coefficient (Wildman–Crippen LogP) is 5.78. The molecular formula is C25H25NO3S2. The Bertz CT molecular complexity index is 1010. The summed E-state index contributed by atoms with van der Waals surface area (Å²) in [6, 6.07) is 13.9. The van der Waals surface area contributed by atoms with Gasteiger partial charge in [-0.2, -0.15) is 0 Å². The molecule has 6 heteroatoms. The first kappa shape index (κ1) is 22.8. The van der Waals surface area contributed by atoms with Crippen LogP contribution in [0.4, 0.5) is 0 Å². The third-order valence-electron chi connectivity index (χ3n) is 4.53. The number of amides is 1. The summed E-state index contributed by atoms with van der Waals surface area (Å²) in [5.41, 5.74) is 2.88.